The fraction of sp³-hybridized carbons (Fsp3) is 0.750. The van der Waals surface area contributed by atoms with Crippen LogP contribution in [0.15, 0.2) is 12.8 Å². The van der Waals surface area contributed by atoms with Gasteiger partial charge in [0.1, 0.15) is 5.60 Å². The summed E-state index contributed by atoms with van der Waals surface area (Å²) in [6, 6.07) is 0. The summed E-state index contributed by atoms with van der Waals surface area (Å²) in [5.74, 6) is 0. The maximum Gasteiger partial charge on any atom is 0.130 e. The molecule has 0 rings (SSSR count). The molecule has 0 saturated carbocycles. The smallest absolute Gasteiger partial charge is 0.130 e. The second-order valence-electron chi connectivity index (χ2n) is 3.35. The molecule has 3 radical (unpaired) electrons. The predicted molar refractivity (Wildman–Crippen MR) is 47.4 cm³/mol. The van der Waals surface area contributed by atoms with Gasteiger partial charge in [-0.1, -0.05) is 6.58 Å². The molecule has 0 aliphatic rings. The Morgan fingerprint density at radius 3 is 1.73 bits per heavy atom. The number of hydrogen-bond acceptors (Lipinski definition) is 2. The SMILES string of the molecule is C=COC(C)(C)C(C)(C)O.[B]. The first-order chi connectivity index (χ1) is 4.31. The van der Waals surface area contributed by atoms with Crippen molar-refractivity contribution in [2.24, 2.45) is 0 Å². The van der Waals surface area contributed by atoms with Crippen molar-refractivity contribution in [1.82, 2.24) is 0 Å². The Balaban J connectivity index is 0. The summed E-state index contributed by atoms with van der Waals surface area (Å²) in [6.07, 6.45) is 1.35. The molecule has 0 unspecified atom stereocenters. The van der Waals surface area contributed by atoms with Gasteiger partial charge in [-0.15, -0.1) is 0 Å². The van der Waals surface area contributed by atoms with E-state index in [1.165, 1.54) is 6.26 Å². The third-order valence-corrected chi connectivity index (χ3v) is 1.85. The van der Waals surface area contributed by atoms with Crippen molar-refractivity contribution in [3.8, 4) is 0 Å². The van der Waals surface area contributed by atoms with Crippen molar-refractivity contribution >= 4 is 8.41 Å². The van der Waals surface area contributed by atoms with E-state index in [9.17, 15) is 5.11 Å². The van der Waals surface area contributed by atoms with Gasteiger partial charge in [-0.05, 0) is 27.7 Å². The Morgan fingerprint density at radius 2 is 1.64 bits per heavy atom. The van der Waals surface area contributed by atoms with Crippen LogP contribution in [0.4, 0.5) is 0 Å². The van der Waals surface area contributed by atoms with E-state index in [0.717, 1.165) is 0 Å². The average molecular weight is 155 g/mol. The lowest BCUT2D eigenvalue weighted by Gasteiger charge is -2.35. The van der Waals surface area contributed by atoms with Gasteiger partial charge in [0.05, 0.1) is 11.9 Å². The molecule has 0 saturated heterocycles. The molecule has 0 amide bonds. The Labute approximate surface area is 70.8 Å². The second kappa shape index (κ2) is 3.81. The molecule has 0 spiro atoms. The number of hydrogen-bond donors (Lipinski definition) is 1. The van der Waals surface area contributed by atoms with E-state index >= 15 is 0 Å². The van der Waals surface area contributed by atoms with Crippen molar-refractivity contribution in [3.63, 3.8) is 0 Å². The van der Waals surface area contributed by atoms with Crippen molar-refractivity contribution in [2.75, 3.05) is 0 Å². The van der Waals surface area contributed by atoms with Gasteiger partial charge >= 0.3 is 0 Å². The summed E-state index contributed by atoms with van der Waals surface area (Å²) in [5.41, 5.74) is -1.42. The van der Waals surface area contributed by atoms with E-state index in [4.69, 9.17) is 4.74 Å². The van der Waals surface area contributed by atoms with Crippen LogP contribution in [0.1, 0.15) is 27.7 Å². The van der Waals surface area contributed by atoms with Crippen LogP contribution in [0.5, 0.6) is 0 Å². The molecule has 0 aromatic rings. The fourth-order valence-corrected chi connectivity index (χ4v) is 0.353. The van der Waals surface area contributed by atoms with Gasteiger partial charge in [-0.2, -0.15) is 0 Å². The monoisotopic (exact) mass is 155 g/mol. The lowest BCUT2D eigenvalue weighted by atomic mass is 9.90. The minimum absolute atomic E-state index is 0. The fourth-order valence-electron chi connectivity index (χ4n) is 0.353. The van der Waals surface area contributed by atoms with Gasteiger partial charge in [-0.3, -0.25) is 0 Å². The normalized spacial score (nSPS) is 11.7. The molecule has 0 fully saturated rings. The summed E-state index contributed by atoms with van der Waals surface area (Å²) in [5, 5.41) is 9.50. The molecule has 0 aromatic heterocycles. The molecule has 0 atom stereocenters. The van der Waals surface area contributed by atoms with Gasteiger partial charge in [0.15, 0.2) is 0 Å². The maximum absolute atomic E-state index is 9.50. The van der Waals surface area contributed by atoms with Crippen LogP contribution >= 0.6 is 0 Å². The lowest BCUT2D eigenvalue weighted by molar-refractivity contribution is -0.113. The van der Waals surface area contributed by atoms with Crippen LogP contribution in [0.25, 0.3) is 0 Å². The van der Waals surface area contributed by atoms with Gasteiger partial charge < -0.3 is 9.84 Å². The third-order valence-electron chi connectivity index (χ3n) is 1.85. The Kier molecular flexibility index (Phi) is 4.57. The molecule has 11 heavy (non-hydrogen) atoms. The van der Waals surface area contributed by atoms with E-state index in [0.29, 0.717) is 0 Å². The molecule has 2 nitrogen and oxygen atoms in total. The zero-order valence-corrected chi connectivity index (χ0v) is 7.72. The van der Waals surface area contributed by atoms with Crippen LogP contribution in [0, 0.1) is 0 Å². The van der Waals surface area contributed by atoms with E-state index in [-0.39, 0.29) is 8.41 Å². The van der Waals surface area contributed by atoms with E-state index in [1.807, 2.05) is 13.8 Å². The summed E-state index contributed by atoms with van der Waals surface area (Å²) < 4.78 is 5.11. The topological polar surface area (TPSA) is 29.5 Å². The molecule has 0 bridgehead atoms. The van der Waals surface area contributed by atoms with Crippen molar-refractivity contribution in [3.05, 3.63) is 12.8 Å². The van der Waals surface area contributed by atoms with Gasteiger partial charge in [0.25, 0.3) is 0 Å². The molecule has 1 N–H and O–H groups in total. The predicted octanol–water partition coefficient (Wildman–Crippen LogP) is 1.32. The van der Waals surface area contributed by atoms with Gasteiger partial charge in [-0.25, -0.2) is 0 Å². The highest BCUT2D eigenvalue weighted by Crippen LogP contribution is 2.24. The Hall–Kier alpha value is -0.435. The largest absolute Gasteiger partial charge is 0.493 e. The van der Waals surface area contributed by atoms with E-state index in [2.05, 4.69) is 6.58 Å². The summed E-state index contributed by atoms with van der Waals surface area (Å²) in [4.78, 5) is 0. The average Bonchev–Trinajstić information content (AvgIpc) is 1.61. The lowest BCUT2D eigenvalue weighted by Crippen LogP contribution is -2.46. The maximum atomic E-state index is 9.50. The Morgan fingerprint density at radius 1 is 1.27 bits per heavy atom. The summed E-state index contributed by atoms with van der Waals surface area (Å²) >= 11 is 0. The molecular weight excluding hydrogens is 139 g/mol. The van der Waals surface area contributed by atoms with Crippen molar-refractivity contribution in [1.29, 1.82) is 0 Å². The number of ether oxygens (including phenoxy) is 1. The first-order valence-electron chi connectivity index (χ1n) is 3.32. The van der Waals surface area contributed by atoms with Crippen LogP contribution in [0.3, 0.4) is 0 Å². The first kappa shape index (κ1) is 13.2. The molecule has 0 aliphatic carbocycles. The molecule has 3 heteroatoms. The Bertz CT molecular complexity index is 125. The van der Waals surface area contributed by atoms with Gasteiger partial charge in [0.2, 0.25) is 0 Å². The summed E-state index contributed by atoms with van der Waals surface area (Å²) in [6.45, 7) is 10.5. The summed E-state index contributed by atoms with van der Waals surface area (Å²) in [7, 11) is 0. The second-order valence-corrected chi connectivity index (χ2v) is 3.35. The highest BCUT2D eigenvalue weighted by atomic mass is 16.5. The van der Waals surface area contributed by atoms with Crippen molar-refractivity contribution in [2.45, 2.75) is 38.9 Å². The molecule has 0 aromatic carbocycles. The highest BCUT2D eigenvalue weighted by molar-refractivity contribution is 5.75. The number of rotatable bonds is 3. The quantitative estimate of drug-likeness (QED) is 0.491. The van der Waals surface area contributed by atoms with Crippen LogP contribution in [-0.4, -0.2) is 24.7 Å². The van der Waals surface area contributed by atoms with Crippen LogP contribution < -0.4 is 0 Å². The minimum Gasteiger partial charge on any atom is -0.493 e. The molecule has 63 valence electrons. The third kappa shape index (κ3) is 3.47. The standard InChI is InChI=1S/C8H16O2.B/c1-6-10-8(4,5)7(2,3)9;/h6,9H,1H2,2-5H3;. The minimum atomic E-state index is -0.846. The molecule has 0 heterocycles. The first-order valence-corrected chi connectivity index (χ1v) is 3.32. The molecular formula is C8H16BO2. The van der Waals surface area contributed by atoms with Gasteiger partial charge in [0, 0.05) is 8.41 Å². The zero-order chi connectivity index (χ0) is 8.41. The van der Waals surface area contributed by atoms with Crippen LogP contribution in [-0.2, 0) is 4.74 Å². The zero-order valence-electron chi connectivity index (χ0n) is 7.72. The molecule has 0 aliphatic heterocycles. The van der Waals surface area contributed by atoms with Crippen molar-refractivity contribution < 1.29 is 9.84 Å². The van der Waals surface area contributed by atoms with Crippen LogP contribution in [0.2, 0.25) is 0 Å². The van der Waals surface area contributed by atoms with E-state index in [1.54, 1.807) is 13.8 Å². The van der Waals surface area contributed by atoms with E-state index < -0.39 is 11.2 Å². The number of aliphatic hydroxyl groups is 1. The highest BCUT2D eigenvalue weighted by Gasteiger charge is 2.35.